The third-order valence-electron chi connectivity index (χ3n) is 3.17. The van der Waals surface area contributed by atoms with E-state index in [1.807, 2.05) is 0 Å². The molecule has 2 aromatic rings. The number of thiazole rings is 1. The monoisotopic (exact) mass is 396 g/mol. The average molecular weight is 396 g/mol. The Labute approximate surface area is 154 Å². The van der Waals surface area contributed by atoms with Crippen molar-refractivity contribution in [1.82, 2.24) is 4.98 Å². The SMILES string of the molecule is O=C(Nc1ccccc1)c1nc([N+](=O)[O-])c(SC2(F)C=CN=C(F)C2)s1. The van der Waals surface area contributed by atoms with Gasteiger partial charge in [-0.1, -0.05) is 41.3 Å². The number of hydrogen-bond donors (Lipinski definition) is 1. The molecule has 0 saturated heterocycles. The van der Waals surface area contributed by atoms with Gasteiger partial charge in [-0.25, -0.2) is 9.38 Å². The number of halogens is 2. The van der Waals surface area contributed by atoms with Crippen LogP contribution in [-0.4, -0.2) is 26.8 Å². The van der Waals surface area contributed by atoms with E-state index in [4.69, 9.17) is 0 Å². The minimum Gasteiger partial charge on any atom is -0.358 e. The molecule has 11 heteroatoms. The van der Waals surface area contributed by atoms with Crippen LogP contribution >= 0.6 is 23.1 Å². The first-order valence-corrected chi connectivity index (χ1v) is 8.79. The highest BCUT2D eigenvalue weighted by Gasteiger charge is 2.38. The number of thioether (sulfide) groups is 1. The lowest BCUT2D eigenvalue weighted by atomic mass is 10.2. The fraction of sp³-hybridized carbons (Fsp3) is 0.133. The van der Waals surface area contributed by atoms with Crippen molar-refractivity contribution in [1.29, 1.82) is 0 Å². The average Bonchev–Trinajstić information content (AvgIpc) is 2.99. The van der Waals surface area contributed by atoms with Crippen molar-refractivity contribution in [2.24, 2.45) is 4.99 Å². The molecule has 1 aromatic heterocycles. The minimum absolute atomic E-state index is 0.130. The lowest BCUT2D eigenvalue weighted by Crippen LogP contribution is -2.20. The lowest BCUT2D eigenvalue weighted by Gasteiger charge is -2.20. The molecule has 0 fully saturated rings. The predicted octanol–water partition coefficient (Wildman–Crippen LogP) is 4.35. The Morgan fingerprint density at radius 2 is 2.12 bits per heavy atom. The molecule has 1 aliphatic heterocycles. The number of para-hydroxylation sites is 1. The highest BCUT2D eigenvalue weighted by molar-refractivity contribution is 8.02. The van der Waals surface area contributed by atoms with E-state index in [1.54, 1.807) is 30.3 Å². The highest BCUT2D eigenvalue weighted by Crippen LogP contribution is 2.46. The number of hydrogen-bond acceptors (Lipinski definition) is 7. The molecule has 0 aliphatic carbocycles. The molecular formula is C15H10F2N4O3S2. The number of amides is 1. The van der Waals surface area contributed by atoms with E-state index >= 15 is 0 Å². The van der Waals surface area contributed by atoms with Gasteiger partial charge in [0.1, 0.15) is 0 Å². The number of aliphatic imine (C=N–C) groups is 1. The molecule has 26 heavy (non-hydrogen) atoms. The number of alkyl halides is 1. The van der Waals surface area contributed by atoms with Crippen LogP contribution in [0, 0.1) is 10.1 Å². The number of carbonyl (C=O) groups excluding carboxylic acids is 1. The van der Waals surface area contributed by atoms with Crippen LogP contribution < -0.4 is 5.32 Å². The Balaban J connectivity index is 1.85. The van der Waals surface area contributed by atoms with E-state index in [1.165, 1.54) is 0 Å². The molecule has 1 aliphatic rings. The van der Waals surface area contributed by atoms with E-state index in [2.05, 4.69) is 15.3 Å². The first-order chi connectivity index (χ1) is 12.4. The summed E-state index contributed by atoms with van der Waals surface area (Å²) in [7, 11) is 0. The number of anilines is 1. The van der Waals surface area contributed by atoms with Gasteiger partial charge in [0, 0.05) is 11.9 Å². The second-order valence-corrected chi connectivity index (χ2v) is 7.64. The molecule has 3 rings (SSSR count). The van der Waals surface area contributed by atoms with Gasteiger partial charge in [0.05, 0.1) is 6.42 Å². The Morgan fingerprint density at radius 3 is 2.77 bits per heavy atom. The number of benzene rings is 1. The fourth-order valence-corrected chi connectivity index (χ4v) is 4.36. The third-order valence-corrected chi connectivity index (χ3v) is 5.49. The normalized spacial score (nSPS) is 19.1. The Bertz CT molecular complexity index is 917. The van der Waals surface area contributed by atoms with Crippen molar-refractivity contribution in [3.63, 3.8) is 0 Å². The van der Waals surface area contributed by atoms with Crippen LogP contribution in [0.2, 0.25) is 0 Å². The molecule has 1 amide bonds. The first kappa shape index (κ1) is 18.1. The van der Waals surface area contributed by atoms with Crippen LogP contribution in [0.4, 0.5) is 20.3 Å². The molecule has 1 aromatic carbocycles. The molecule has 0 radical (unpaired) electrons. The van der Waals surface area contributed by atoms with Gasteiger partial charge in [-0.05, 0) is 28.1 Å². The molecule has 0 bridgehead atoms. The van der Waals surface area contributed by atoms with Crippen molar-refractivity contribution in [2.75, 3.05) is 5.32 Å². The fourth-order valence-electron chi connectivity index (χ4n) is 2.04. The maximum absolute atomic E-state index is 14.7. The van der Waals surface area contributed by atoms with E-state index < -0.39 is 34.0 Å². The molecule has 1 unspecified atom stereocenters. The van der Waals surface area contributed by atoms with Crippen LogP contribution in [0.1, 0.15) is 16.2 Å². The van der Waals surface area contributed by atoms with Gasteiger partial charge in [-0.2, -0.15) is 4.39 Å². The van der Waals surface area contributed by atoms with Crippen molar-refractivity contribution < 1.29 is 18.5 Å². The second-order valence-electron chi connectivity index (χ2n) is 5.09. The number of carbonyl (C=O) groups is 1. The highest BCUT2D eigenvalue weighted by atomic mass is 32.2. The quantitative estimate of drug-likeness (QED) is 0.599. The molecule has 1 N–H and O–H groups in total. The van der Waals surface area contributed by atoms with Gasteiger partial charge in [0.25, 0.3) is 5.01 Å². The summed E-state index contributed by atoms with van der Waals surface area (Å²) in [5.41, 5.74) is 0.486. The molecule has 0 spiro atoms. The van der Waals surface area contributed by atoms with Crippen LogP contribution in [0.25, 0.3) is 0 Å². The van der Waals surface area contributed by atoms with E-state index in [0.29, 0.717) is 28.8 Å². The van der Waals surface area contributed by atoms with Crippen molar-refractivity contribution in [2.45, 2.75) is 15.6 Å². The summed E-state index contributed by atoms with van der Waals surface area (Å²) in [6.45, 7) is 0. The molecule has 1 atom stereocenters. The van der Waals surface area contributed by atoms with Gasteiger partial charge < -0.3 is 15.4 Å². The molecule has 2 heterocycles. The molecule has 0 saturated carbocycles. The second kappa shape index (κ2) is 7.30. The zero-order valence-corrected chi connectivity index (χ0v) is 14.5. The third kappa shape index (κ3) is 4.11. The summed E-state index contributed by atoms with van der Waals surface area (Å²) in [5, 5.41) is 11.3. The van der Waals surface area contributed by atoms with Gasteiger partial charge >= 0.3 is 11.7 Å². The zero-order valence-electron chi connectivity index (χ0n) is 12.9. The molecule has 7 nitrogen and oxygen atoms in total. The van der Waals surface area contributed by atoms with Gasteiger partial charge in [-0.15, -0.1) is 0 Å². The van der Waals surface area contributed by atoms with Crippen molar-refractivity contribution >= 4 is 46.5 Å². The summed E-state index contributed by atoms with van der Waals surface area (Å²) >= 11 is 1.10. The maximum atomic E-state index is 14.7. The van der Waals surface area contributed by atoms with E-state index in [-0.39, 0.29) is 9.22 Å². The van der Waals surface area contributed by atoms with Gasteiger partial charge in [0.15, 0.2) is 15.2 Å². The van der Waals surface area contributed by atoms with Crippen LogP contribution in [0.15, 0.2) is 51.8 Å². The zero-order chi connectivity index (χ0) is 18.7. The summed E-state index contributed by atoms with van der Waals surface area (Å²) in [6.07, 6.45) is 1.31. The number of nitrogens with one attached hydrogen (secondary N) is 1. The largest absolute Gasteiger partial charge is 0.389 e. The molecular weight excluding hydrogens is 386 g/mol. The summed E-state index contributed by atoms with van der Waals surface area (Å²) in [5.74, 6) is -2.22. The van der Waals surface area contributed by atoms with Crippen LogP contribution in [0.3, 0.4) is 0 Å². The smallest absolute Gasteiger partial charge is 0.358 e. The topological polar surface area (TPSA) is 97.5 Å². The minimum atomic E-state index is -2.24. The predicted molar refractivity (Wildman–Crippen MR) is 95.2 cm³/mol. The first-order valence-electron chi connectivity index (χ1n) is 7.16. The Hall–Kier alpha value is -2.66. The van der Waals surface area contributed by atoms with E-state index in [0.717, 1.165) is 12.3 Å². The number of rotatable bonds is 5. The standard InChI is InChI=1S/C15H10F2N4O3S2/c16-10-8-15(17,6-7-18-10)26-14-11(21(23)24)20-13(25-14)12(22)19-9-4-2-1-3-5-9/h1-7H,8H2,(H,19,22). The molecule has 134 valence electrons. The van der Waals surface area contributed by atoms with Gasteiger partial charge in [-0.3, -0.25) is 4.79 Å². The van der Waals surface area contributed by atoms with Crippen molar-refractivity contribution in [3.05, 3.63) is 57.7 Å². The lowest BCUT2D eigenvalue weighted by molar-refractivity contribution is -0.391. The number of nitrogens with zero attached hydrogens (tertiary/aromatic N) is 3. The Kier molecular flexibility index (Phi) is 5.09. The summed E-state index contributed by atoms with van der Waals surface area (Å²) in [4.78, 5) is 29.6. The van der Waals surface area contributed by atoms with E-state index in [9.17, 15) is 23.7 Å². The van der Waals surface area contributed by atoms with Gasteiger partial charge in [0.2, 0.25) is 0 Å². The maximum Gasteiger partial charge on any atom is 0.389 e. The number of nitro groups is 1. The van der Waals surface area contributed by atoms with Crippen LogP contribution in [0.5, 0.6) is 0 Å². The van der Waals surface area contributed by atoms with Crippen LogP contribution in [-0.2, 0) is 0 Å². The summed E-state index contributed by atoms with van der Waals surface area (Å²) in [6, 6.07) is 8.46. The number of aromatic nitrogens is 1. The van der Waals surface area contributed by atoms with Crippen molar-refractivity contribution in [3.8, 4) is 0 Å². The Morgan fingerprint density at radius 1 is 1.38 bits per heavy atom. The summed E-state index contributed by atoms with van der Waals surface area (Å²) < 4.78 is 27.8.